The van der Waals surface area contributed by atoms with Gasteiger partial charge in [-0.05, 0) is 50.0 Å². The van der Waals surface area contributed by atoms with Crippen LogP contribution in [0.15, 0.2) is 0 Å². The van der Waals surface area contributed by atoms with Gasteiger partial charge in [-0.15, -0.1) is 0 Å². The molecule has 1 saturated heterocycles. The average molecular weight is 298 g/mol. The van der Waals surface area contributed by atoms with Gasteiger partial charge in [0.25, 0.3) is 0 Å². The van der Waals surface area contributed by atoms with E-state index < -0.39 is 5.54 Å². The summed E-state index contributed by atoms with van der Waals surface area (Å²) in [6.07, 6.45) is 3.78. The first-order chi connectivity index (χ1) is 9.53. The normalized spacial score (nSPS) is 30.6. The number of amides is 2. The maximum Gasteiger partial charge on any atom is 0.248 e. The fourth-order valence-electron chi connectivity index (χ4n) is 2.83. The quantitative estimate of drug-likeness (QED) is 0.732. The van der Waals surface area contributed by atoms with Crippen LogP contribution in [0.5, 0.6) is 0 Å². The molecular formula is C15H26N2O2S. The van der Waals surface area contributed by atoms with E-state index in [0.29, 0.717) is 12.3 Å². The number of nitrogens with zero attached hydrogens (tertiary/aromatic N) is 1. The first-order valence-corrected chi connectivity index (χ1v) is 8.89. The lowest BCUT2D eigenvalue weighted by Gasteiger charge is -2.44. The fourth-order valence-corrected chi connectivity index (χ4v) is 3.45. The third kappa shape index (κ3) is 3.13. The molecule has 5 heteroatoms. The predicted molar refractivity (Wildman–Crippen MR) is 82.7 cm³/mol. The summed E-state index contributed by atoms with van der Waals surface area (Å²) in [5.41, 5.74) is -0.708. The van der Waals surface area contributed by atoms with Gasteiger partial charge in [0.15, 0.2) is 0 Å². The number of hydrogen-bond acceptors (Lipinski definition) is 3. The molecule has 1 saturated carbocycles. The molecule has 4 nitrogen and oxygen atoms in total. The molecule has 1 N–H and O–H groups in total. The molecular weight excluding hydrogens is 272 g/mol. The van der Waals surface area contributed by atoms with Crippen LogP contribution in [0, 0.1) is 5.92 Å². The van der Waals surface area contributed by atoms with Crippen molar-refractivity contribution in [3.63, 3.8) is 0 Å². The summed E-state index contributed by atoms with van der Waals surface area (Å²) >= 11 is 1.89. The molecule has 2 atom stereocenters. The number of hydrogen-bond donors (Lipinski definition) is 1. The zero-order valence-electron chi connectivity index (χ0n) is 12.8. The molecule has 0 aromatic rings. The number of carbonyl (C=O) groups excluding carboxylic acids is 2. The molecule has 1 aliphatic heterocycles. The number of piperazine rings is 1. The van der Waals surface area contributed by atoms with E-state index in [9.17, 15) is 9.59 Å². The van der Waals surface area contributed by atoms with Crippen molar-refractivity contribution in [1.82, 2.24) is 10.2 Å². The summed E-state index contributed by atoms with van der Waals surface area (Å²) in [6, 6.07) is -0.214. The Morgan fingerprint density at radius 3 is 2.60 bits per heavy atom. The van der Waals surface area contributed by atoms with Crippen molar-refractivity contribution in [2.45, 2.75) is 58.0 Å². The zero-order chi connectivity index (χ0) is 14.8. The van der Waals surface area contributed by atoms with Gasteiger partial charge in [0.2, 0.25) is 11.8 Å². The summed E-state index contributed by atoms with van der Waals surface area (Å²) in [6.45, 7) is 6.67. The SMILES string of the molecule is CCSCCCN1C(=O)C(C)(CC)NC(=O)C1C1CC1. The van der Waals surface area contributed by atoms with Gasteiger partial charge in [0.05, 0.1) is 0 Å². The Hall–Kier alpha value is -0.710. The molecule has 0 spiro atoms. The maximum absolute atomic E-state index is 12.7. The maximum atomic E-state index is 12.7. The van der Waals surface area contributed by atoms with Crippen molar-refractivity contribution in [3.05, 3.63) is 0 Å². The molecule has 2 aliphatic rings. The van der Waals surface area contributed by atoms with Crippen LogP contribution in [0.3, 0.4) is 0 Å². The highest BCUT2D eigenvalue weighted by Crippen LogP contribution is 2.38. The molecule has 0 aromatic heterocycles. The summed E-state index contributed by atoms with van der Waals surface area (Å²) in [7, 11) is 0. The van der Waals surface area contributed by atoms with Crippen LogP contribution in [-0.2, 0) is 9.59 Å². The minimum absolute atomic E-state index is 0.0552. The molecule has 0 aromatic carbocycles. The second-order valence-electron chi connectivity index (χ2n) is 6.01. The highest BCUT2D eigenvalue weighted by molar-refractivity contribution is 7.99. The molecule has 1 heterocycles. The molecule has 2 unspecified atom stereocenters. The van der Waals surface area contributed by atoms with Gasteiger partial charge in [0, 0.05) is 6.54 Å². The Morgan fingerprint density at radius 2 is 2.05 bits per heavy atom. The predicted octanol–water partition coefficient (Wildman–Crippen LogP) is 2.04. The summed E-state index contributed by atoms with van der Waals surface area (Å²) in [4.78, 5) is 27.0. The Morgan fingerprint density at radius 1 is 1.35 bits per heavy atom. The van der Waals surface area contributed by atoms with Crippen LogP contribution in [-0.4, -0.2) is 46.3 Å². The second-order valence-corrected chi connectivity index (χ2v) is 7.40. The van der Waals surface area contributed by atoms with E-state index in [2.05, 4.69) is 12.2 Å². The lowest BCUT2D eigenvalue weighted by molar-refractivity contribution is -0.155. The molecule has 2 amide bonds. The molecule has 0 radical (unpaired) electrons. The number of thioether (sulfide) groups is 1. The lowest BCUT2D eigenvalue weighted by atomic mass is 9.90. The number of nitrogens with one attached hydrogen (secondary N) is 1. The summed E-state index contributed by atoms with van der Waals surface area (Å²) < 4.78 is 0. The van der Waals surface area contributed by atoms with Crippen LogP contribution >= 0.6 is 11.8 Å². The monoisotopic (exact) mass is 298 g/mol. The van der Waals surface area contributed by atoms with Gasteiger partial charge in [-0.1, -0.05) is 13.8 Å². The van der Waals surface area contributed by atoms with Crippen molar-refractivity contribution < 1.29 is 9.59 Å². The van der Waals surface area contributed by atoms with Crippen LogP contribution in [0.4, 0.5) is 0 Å². The van der Waals surface area contributed by atoms with Crippen molar-refractivity contribution in [3.8, 4) is 0 Å². The van der Waals surface area contributed by atoms with Gasteiger partial charge in [0.1, 0.15) is 11.6 Å². The highest BCUT2D eigenvalue weighted by Gasteiger charge is 2.51. The Bertz CT molecular complexity index is 384. The average Bonchev–Trinajstić information content (AvgIpc) is 3.24. The standard InChI is InChI=1S/C15H26N2O2S/c1-4-15(3)14(19)17(9-6-10-20-5-2)12(11-7-8-11)13(18)16-15/h11-12H,4-10H2,1-3H3,(H,16,18). The zero-order valence-corrected chi connectivity index (χ0v) is 13.6. The van der Waals surface area contributed by atoms with E-state index in [-0.39, 0.29) is 17.9 Å². The van der Waals surface area contributed by atoms with Gasteiger partial charge in [-0.3, -0.25) is 9.59 Å². The van der Waals surface area contributed by atoms with Gasteiger partial charge >= 0.3 is 0 Å². The van der Waals surface area contributed by atoms with Gasteiger partial charge in [-0.25, -0.2) is 0 Å². The Kier molecular flexibility index (Phi) is 4.99. The third-order valence-electron chi connectivity index (χ3n) is 4.40. The Balaban J connectivity index is 2.07. The highest BCUT2D eigenvalue weighted by atomic mass is 32.2. The summed E-state index contributed by atoms with van der Waals surface area (Å²) in [5, 5.41) is 2.96. The molecule has 1 aliphatic carbocycles. The lowest BCUT2D eigenvalue weighted by Crippen LogP contribution is -2.69. The fraction of sp³-hybridized carbons (Fsp3) is 0.867. The van der Waals surface area contributed by atoms with E-state index in [1.54, 1.807) is 0 Å². The van der Waals surface area contributed by atoms with E-state index in [1.165, 1.54) is 0 Å². The van der Waals surface area contributed by atoms with Crippen LogP contribution in [0.25, 0.3) is 0 Å². The van der Waals surface area contributed by atoms with E-state index in [1.807, 2.05) is 30.5 Å². The van der Waals surface area contributed by atoms with Crippen molar-refractivity contribution in [2.24, 2.45) is 5.92 Å². The van der Waals surface area contributed by atoms with E-state index in [0.717, 1.165) is 37.3 Å². The van der Waals surface area contributed by atoms with Gasteiger partial charge in [-0.2, -0.15) is 11.8 Å². The van der Waals surface area contributed by atoms with E-state index >= 15 is 0 Å². The molecule has 114 valence electrons. The van der Waals surface area contributed by atoms with Crippen LogP contribution in [0.1, 0.15) is 46.5 Å². The molecule has 0 bridgehead atoms. The topological polar surface area (TPSA) is 49.4 Å². The third-order valence-corrected chi connectivity index (χ3v) is 5.39. The van der Waals surface area contributed by atoms with Crippen LogP contribution < -0.4 is 5.32 Å². The second kappa shape index (κ2) is 6.37. The van der Waals surface area contributed by atoms with Crippen molar-refractivity contribution >= 4 is 23.6 Å². The summed E-state index contributed by atoms with van der Waals surface area (Å²) in [5.74, 6) is 2.71. The molecule has 20 heavy (non-hydrogen) atoms. The van der Waals surface area contributed by atoms with Crippen molar-refractivity contribution in [1.29, 1.82) is 0 Å². The number of rotatable bonds is 7. The Labute approximate surface area is 126 Å². The minimum atomic E-state index is -0.708. The molecule has 2 rings (SSSR count). The number of carbonyl (C=O) groups is 2. The first kappa shape index (κ1) is 15.7. The smallest absolute Gasteiger partial charge is 0.248 e. The van der Waals surface area contributed by atoms with Gasteiger partial charge < -0.3 is 10.2 Å². The minimum Gasteiger partial charge on any atom is -0.340 e. The van der Waals surface area contributed by atoms with Crippen molar-refractivity contribution in [2.75, 3.05) is 18.1 Å². The van der Waals surface area contributed by atoms with Crippen LogP contribution in [0.2, 0.25) is 0 Å². The first-order valence-electron chi connectivity index (χ1n) is 7.74. The molecule has 2 fully saturated rings. The largest absolute Gasteiger partial charge is 0.340 e. The van der Waals surface area contributed by atoms with E-state index in [4.69, 9.17) is 0 Å².